The fourth-order valence-electron chi connectivity index (χ4n) is 3.53. The van der Waals surface area contributed by atoms with Crippen LogP contribution in [-0.2, 0) is 24.2 Å². The van der Waals surface area contributed by atoms with Crippen molar-refractivity contribution >= 4 is 50.0 Å². The van der Waals surface area contributed by atoms with Crippen molar-refractivity contribution in [3.05, 3.63) is 0 Å². The van der Waals surface area contributed by atoms with E-state index < -0.39 is 15.8 Å². The van der Waals surface area contributed by atoms with E-state index in [0.717, 1.165) is 38.8 Å². The van der Waals surface area contributed by atoms with Gasteiger partial charge >= 0.3 is 5.97 Å². The minimum absolute atomic E-state index is 0.00499. The lowest BCUT2D eigenvalue weighted by atomic mass is 10.00. The Morgan fingerprint density at radius 2 is 1.93 bits per heavy atom. The molecule has 2 heterocycles. The second-order valence-corrected chi connectivity index (χ2v) is 11.7. The SMILES string of the molecule is CCCCN(C(=O)COC(=O)CSC(=S)N1CCC(C)CC1)C1CCS(=O)(=O)C1. The minimum Gasteiger partial charge on any atom is -0.455 e. The number of thiocarbonyl (C=S) groups is 1. The summed E-state index contributed by atoms with van der Waals surface area (Å²) in [6.45, 7) is 6.20. The van der Waals surface area contributed by atoms with Crippen molar-refractivity contribution in [1.29, 1.82) is 0 Å². The van der Waals surface area contributed by atoms with E-state index in [1.165, 1.54) is 11.8 Å². The predicted molar refractivity (Wildman–Crippen MR) is 120 cm³/mol. The van der Waals surface area contributed by atoms with Gasteiger partial charge in [-0.3, -0.25) is 9.59 Å². The number of unbranched alkanes of at least 4 members (excludes halogenated alkanes) is 1. The fourth-order valence-corrected chi connectivity index (χ4v) is 6.31. The van der Waals surface area contributed by atoms with Gasteiger partial charge in [-0.25, -0.2) is 8.42 Å². The smallest absolute Gasteiger partial charge is 0.316 e. The highest BCUT2D eigenvalue weighted by Crippen LogP contribution is 2.21. The summed E-state index contributed by atoms with van der Waals surface area (Å²) >= 11 is 6.67. The van der Waals surface area contributed by atoms with Gasteiger partial charge in [0.25, 0.3) is 5.91 Å². The van der Waals surface area contributed by atoms with Gasteiger partial charge in [0.1, 0.15) is 4.32 Å². The number of esters is 1. The lowest BCUT2D eigenvalue weighted by Crippen LogP contribution is -2.44. The molecule has 0 saturated carbocycles. The average Bonchev–Trinajstić information content (AvgIpc) is 3.04. The molecule has 2 aliphatic heterocycles. The van der Waals surface area contributed by atoms with Crippen LogP contribution in [0.25, 0.3) is 0 Å². The maximum atomic E-state index is 12.6. The number of sulfone groups is 1. The molecule has 0 aromatic carbocycles. The zero-order valence-corrected chi connectivity index (χ0v) is 19.7. The molecule has 0 bridgehead atoms. The second kappa shape index (κ2) is 11.5. The van der Waals surface area contributed by atoms with Crippen molar-refractivity contribution in [3.63, 3.8) is 0 Å². The van der Waals surface area contributed by atoms with Gasteiger partial charge in [-0.2, -0.15) is 0 Å². The molecule has 1 atom stereocenters. The van der Waals surface area contributed by atoms with Crippen molar-refractivity contribution in [2.24, 2.45) is 5.92 Å². The van der Waals surface area contributed by atoms with E-state index in [2.05, 4.69) is 11.8 Å². The lowest BCUT2D eigenvalue weighted by Gasteiger charge is -2.31. The molecule has 2 rings (SSSR count). The van der Waals surface area contributed by atoms with Crippen LogP contribution in [0.15, 0.2) is 0 Å². The predicted octanol–water partition coefficient (Wildman–Crippen LogP) is 2.10. The standard InChI is InChI=1S/C19H32N2O5S3/c1-3-4-8-21(16-7-11-29(24,25)14-16)17(22)12-26-18(23)13-28-19(27)20-9-5-15(2)6-10-20/h15-16H,3-14H2,1-2H3. The third kappa shape index (κ3) is 8.05. The summed E-state index contributed by atoms with van der Waals surface area (Å²) in [5, 5.41) is 0. The van der Waals surface area contributed by atoms with Crippen molar-refractivity contribution in [3.8, 4) is 0 Å². The average molecular weight is 465 g/mol. The number of hydrogen-bond donors (Lipinski definition) is 0. The third-order valence-electron chi connectivity index (χ3n) is 5.43. The number of likely N-dealkylation sites (tertiary alicyclic amines) is 1. The van der Waals surface area contributed by atoms with E-state index in [-0.39, 0.29) is 35.8 Å². The molecule has 1 unspecified atom stereocenters. The van der Waals surface area contributed by atoms with Gasteiger partial charge in [0, 0.05) is 25.7 Å². The van der Waals surface area contributed by atoms with Crippen LogP contribution in [0.2, 0.25) is 0 Å². The van der Waals surface area contributed by atoms with Crippen molar-refractivity contribution < 1.29 is 22.7 Å². The van der Waals surface area contributed by atoms with Crippen LogP contribution in [0.3, 0.4) is 0 Å². The Bertz CT molecular complexity index is 690. The maximum Gasteiger partial charge on any atom is 0.316 e. The van der Waals surface area contributed by atoms with Gasteiger partial charge in [0.2, 0.25) is 0 Å². The van der Waals surface area contributed by atoms with Gasteiger partial charge < -0.3 is 14.5 Å². The number of nitrogens with zero attached hydrogens (tertiary/aromatic N) is 2. The lowest BCUT2D eigenvalue weighted by molar-refractivity contribution is -0.150. The van der Waals surface area contributed by atoms with Crippen molar-refractivity contribution in [2.75, 3.05) is 43.5 Å². The maximum absolute atomic E-state index is 12.6. The number of thioether (sulfide) groups is 1. The highest BCUT2D eigenvalue weighted by atomic mass is 32.2. The topological polar surface area (TPSA) is 84.0 Å². The molecule has 2 saturated heterocycles. The monoisotopic (exact) mass is 464 g/mol. The van der Waals surface area contributed by atoms with Gasteiger partial charge in [0.05, 0.1) is 17.3 Å². The van der Waals surface area contributed by atoms with E-state index in [9.17, 15) is 18.0 Å². The van der Waals surface area contributed by atoms with Crippen LogP contribution < -0.4 is 0 Å². The summed E-state index contributed by atoms with van der Waals surface area (Å²) < 4.78 is 29.4. The summed E-state index contributed by atoms with van der Waals surface area (Å²) in [7, 11) is -3.09. The van der Waals surface area contributed by atoms with E-state index >= 15 is 0 Å². The first-order valence-electron chi connectivity index (χ1n) is 10.3. The number of carbonyl (C=O) groups is 2. The second-order valence-electron chi connectivity index (χ2n) is 7.88. The number of piperidine rings is 1. The van der Waals surface area contributed by atoms with E-state index in [1.54, 1.807) is 4.90 Å². The Hall–Kier alpha value is -0.870. The van der Waals surface area contributed by atoms with Crippen LogP contribution in [0.5, 0.6) is 0 Å². The number of carbonyl (C=O) groups excluding carboxylic acids is 2. The summed E-state index contributed by atoms with van der Waals surface area (Å²) in [6, 6.07) is -0.318. The molecule has 10 heteroatoms. The van der Waals surface area contributed by atoms with Crippen LogP contribution in [-0.4, -0.2) is 84.0 Å². The molecule has 29 heavy (non-hydrogen) atoms. The normalized spacial score (nSPS) is 21.7. The third-order valence-corrected chi connectivity index (χ3v) is 8.68. The minimum atomic E-state index is -3.09. The van der Waals surface area contributed by atoms with Crippen LogP contribution in [0.1, 0.15) is 46.0 Å². The highest BCUT2D eigenvalue weighted by Gasteiger charge is 2.34. The van der Waals surface area contributed by atoms with Gasteiger partial charge in [-0.15, -0.1) is 0 Å². The first-order valence-corrected chi connectivity index (χ1v) is 13.5. The zero-order valence-electron chi connectivity index (χ0n) is 17.3. The van der Waals surface area contributed by atoms with Crippen molar-refractivity contribution in [1.82, 2.24) is 9.80 Å². The molecule has 0 radical (unpaired) electrons. The van der Waals surface area contributed by atoms with Crippen LogP contribution in [0, 0.1) is 5.92 Å². The van der Waals surface area contributed by atoms with Gasteiger partial charge in [-0.1, -0.05) is 44.2 Å². The molecule has 2 fully saturated rings. The summed E-state index contributed by atoms with van der Waals surface area (Å²) in [5.74, 6) is 0.0778. The molecule has 0 aromatic rings. The number of amides is 1. The zero-order chi connectivity index (χ0) is 21.4. The molecular formula is C19H32N2O5S3. The number of ether oxygens (including phenoxy) is 1. The largest absolute Gasteiger partial charge is 0.455 e. The first-order chi connectivity index (χ1) is 13.7. The molecule has 0 N–H and O–H groups in total. The highest BCUT2D eigenvalue weighted by molar-refractivity contribution is 8.23. The van der Waals surface area contributed by atoms with Gasteiger partial charge in [0.15, 0.2) is 16.4 Å². The summed E-state index contributed by atoms with van der Waals surface area (Å²) in [5.41, 5.74) is 0. The molecular weight excluding hydrogens is 432 g/mol. The van der Waals surface area contributed by atoms with E-state index in [4.69, 9.17) is 17.0 Å². The molecule has 7 nitrogen and oxygen atoms in total. The number of hydrogen-bond acceptors (Lipinski definition) is 7. The van der Waals surface area contributed by atoms with Crippen molar-refractivity contribution in [2.45, 2.75) is 52.0 Å². The Morgan fingerprint density at radius 1 is 1.24 bits per heavy atom. The Morgan fingerprint density at radius 3 is 2.52 bits per heavy atom. The molecule has 0 spiro atoms. The first kappa shape index (κ1) is 24.4. The Kier molecular flexibility index (Phi) is 9.68. The molecule has 166 valence electrons. The molecule has 0 aliphatic carbocycles. The Labute approximate surface area is 183 Å². The van der Waals surface area contributed by atoms with E-state index in [1.807, 2.05) is 6.92 Å². The van der Waals surface area contributed by atoms with Gasteiger partial charge in [-0.05, 0) is 31.6 Å². The Balaban J connectivity index is 1.76. The van der Waals surface area contributed by atoms with Crippen LogP contribution >= 0.6 is 24.0 Å². The molecule has 1 amide bonds. The van der Waals surface area contributed by atoms with Crippen LogP contribution in [0.4, 0.5) is 0 Å². The number of rotatable bonds is 8. The molecule has 0 aromatic heterocycles. The fraction of sp³-hybridized carbons (Fsp3) is 0.842. The molecule has 2 aliphatic rings. The summed E-state index contributed by atoms with van der Waals surface area (Å²) in [4.78, 5) is 28.3. The van der Waals surface area contributed by atoms with E-state index in [0.29, 0.717) is 23.2 Å². The quantitative estimate of drug-likeness (QED) is 0.399. The summed E-state index contributed by atoms with van der Waals surface area (Å²) in [6.07, 6.45) is 4.33.